The number of benzene rings is 2. The molecule has 0 saturated carbocycles. The second-order valence-corrected chi connectivity index (χ2v) is 4.50. The first kappa shape index (κ1) is 12.9. The third-order valence-electron chi connectivity index (χ3n) is 3.08. The van der Waals surface area contributed by atoms with Gasteiger partial charge in [0.1, 0.15) is 17.1 Å². The molecular formula is C15H10O6. The highest BCUT2D eigenvalue weighted by Gasteiger charge is 2.33. The number of Topliss-reactive ketones (excluding diaryl/α,β-unsaturated/α-hetero) is 1. The Labute approximate surface area is 118 Å². The van der Waals surface area contributed by atoms with Crippen molar-refractivity contribution in [2.24, 2.45) is 0 Å². The monoisotopic (exact) mass is 286 g/mol. The molecule has 106 valence electrons. The first-order valence-corrected chi connectivity index (χ1v) is 5.98. The number of rotatable bonds is 1. The number of ether oxygens (including phenoxy) is 1. The van der Waals surface area contributed by atoms with E-state index in [2.05, 4.69) is 0 Å². The van der Waals surface area contributed by atoms with Gasteiger partial charge in [-0.2, -0.15) is 0 Å². The summed E-state index contributed by atoms with van der Waals surface area (Å²) in [6, 6.07) is 7.12. The molecule has 0 aliphatic carbocycles. The Morgan fingerprint density at radius 2 is 1.62 bits per heavy atom. The second kappa shape index (κ2) is 4.45. The molecule has 6 heteroatoms. The molecular weight excluding hydrogens is 276 g/mol. The van der Waals surface area contributed by atoms with Crippen LogP contribution in [0.1, 0.15) is 15.9 Å². The summed E-state index contributed by atoms with van der Waals surface area (Å²) in [6.07, 6.45) is 1.43. The number of phenols is 4. The minimum absolute atomic E-state index is 0.0298. The molecule has 0 atom stereocenters. The molecule has 1 aliphatic rings. The van der Waals surface area contributed by atoms with Gasteiger partial charge >= 0.3 is 0 Å². The molecule has 2 aromatic carbocycles. The van der Waals surface area contributed by atoms with Crippen LogP contribution >= 0.6 is 0 Å². The van der Waals surface area contributed by atoms with Crippen LogP contribution in [-0.2, 0) is 0 Å². The van der Waals surface area contributed by atoms with Crippen LogP contribution in [0.5, 0.6) is 28.7 Å². The first-order valence-electron chi connectivity index (χ1n) is 5.98. The molecule has 0 amide bonds. The van der Waals surface area contributed by atoms with Crippen molar-refractivity contribution in [1.82, 2.24) is 0 Å². The summed E-state index contributed by atoms with van der Waals surface area (Å²) in [4.78, 5) is 12.2. The van der Waals surface area contributed by atoms with E-state index < -0.39 is 23.0 Å². The predicted molar refractivity (Wildman–Crippen MR) is 72.5 cm³/mol. The van der Waals surface area contributed by atoms with Crippen LogP contribution in [0, 0.1) is 0 Å². The van der Waals surface area contributed by atoms with Crippen molar-refractivity contribution < 1.29 is 30.0 Å². The van der Waals surface area contributed by atoms with E-state index in [0.29, 0.717) is 5.56 Å². The van der Waals surface area contributed by atoms with Crippen molar-refractivity contribution >= 4 is 11.9 Å². The maximum Gasteiger partial charge on any atom is 0.235 e. The Balaban J connectivity index is 2.04. The average molecular weight is 286 g/mol. The molecule has 0 spiro atoms. The lowest BCUT2D eigenvalue weighted by Crippen LogP contribution is -1.98. The fourth-order valence-electron chi connectivity index (χ4n) is 2.03. The molecule has 0 unspecified atom stereocenters. The number of phenolic OH excluding ortho intramolecular Hbond substituents is 4. The highest BCUT2D eigenvalue weighted by Crippen LogP contribution is 2.47. The van der Waals surface area contributed by atoms with Crippen LogP contribution in [0.25, 0.3) is 6.08 Å². The van der Waals surface area contributed by atoms with E-state index in [-0.39, 0.29) is 22.8 Å². The largest absolute Gasteiger partial charge is 0.508 e. The summed E-state index contributed by atoms with van der Waals surface area (Å²) in [6.45, 7) is 0. The van der Waals surface area contributed by atoms with Crippen LogP contribution < -0.4 is 4.74 Å². The third-order valence-corrected chi connectivity index (χ3v) is 3.08. The fourth-order valence-corrected chi connectivity index (χ4v) is 2.03. The minimum Gasteiger partial charge on any atom is -0.508 e. The van der Waals surface area contributed by atoms with Gasteiger partial charge in [-0.25, -0.2) is 0 Å². The first-order chi connectivity index (χ1) is 9.97. The molecule has 1 aliphatic heterocycles. The summed E-state index contributed by atoms with van der Waals surface area (Å²) >= 11 is 0. The number of aromatic hydroxyl groups is 4. The van der Waals surface area contributed by atoms with E-state index in [9.17, 15) is 25.2 Å². The summed E-state index contributed by atoms with van der Waals surface area (Å²) in [7, 11) is 0. The Morgan fingerprint density at radius 3 is 2.29 bits per heavy atom. The number of hydrogen-bond acceptors (Lipinski definition) is 6. The zero-order valence-corrected chi connectivity index (χ0v) is 10.6. The van der Waals surface area contributed by atoms with Gasteiger partial charge in [0.05, 0.1) is 0 Å². The molecule has 1 heterocycles. The van der Waals surface area contributed by atoms with Crippen LogP contribution in [0.3, 0.4) is 0 Å². The van der Waals surface area contributed by atoms with Gasteiger partial charge in [-0.15, -0.1) is 0 Å². The van der Waals surface area contributed by atoms with Crippen LogP contribution in [0.2, 0.25) is 0 Å². The summed E-state index contributed by atoms with van der Waals surface area (Å²) in [5, 5.41) is 37.8. The molecule has 0 radical (unpaired) electrons. The van der Waals surface area contributed by atoms with Gasteiger partial charge in [-0.05, 0) is 23.8 Å². The Kier molecular flexibility index (Phi) is 2.72. The quantitative estimate of drug-likeness (QED) is 0.472. The number of hydrogen-bond donors (Lipinski definition) is 4. The molecule has 3 rings (SSSR count). The zero-order valence-electron chi connectivity index (χ0n) is 10.6. The molecule has 2 aromatic rings. The van der Waals surface area contributed by atoms with E-state index in [1.807, 2.05) is 0 Å². The average Bonchev–Trinajstić information content (AvgIpc) is 2.75. The molecule has 6 nitrogen and oxygen atoms in total. The Morgan fingerprint density at radius 1 is 0.952 bits per heavy atom. The number of ketones is 1. The van der Waals surface area contributed by atoms with Crippen molar-refractivity contribution in [3.05, 3.63) is 47.2 Å². The summed E-state index contributed by atoms with van der Waals surface area (Å²) in [5.41, 5.74) is 0.409. The van der Waals surface area contributed by atoms with E-state index in [1.54, 1.807) is 12.1 Å². The number of carbonyl (C=O) groups excluding carboxylic acids is 1. The fraction of sp³-hybridized carbons (Fsp3) is 0. The lowest BCUT2D eigenvalue weighted by molar-refractivity contribution is 0.101. The number of carbonyl (C=O) groups is 1. The molecule has 0 fully saturated rings. The predicted octanol–water partition coefficient (Wildman–Crippen LogP) is 2.13. The van der Waals surface area contributed by atoms with Gasteiger partial charge in [-0.1, -0.05) is 12.1 Å². The maximum atomic E-state index is 12.2. The lowest BCUT2D eigenvalue weighted by Gasteiger charge is -2.03. The molecule has 0 saturated heterocycles. The van der Waals surface area contributed by atoms with Crippen LogP contribution in [0.4, 0.5) is 0 Å². The van der Waals surface area contributed by atoms with E-state index >= 15 is 0 Å². The smallest absolute Gasteiger partial charge is 0.235 e. The molecule has 0 bridgehead atoms. The van der Waals surface area contributed by atoms with Gasteiger partial charge < -0.3 is 25.2 Å². The highest BCUT2D eigenvalue weighted by molar-refractivity contribution is 6.16. The SMILES string of the molecule is O=C1/C(=C/c2ccc(O)cc2)Oc2cc(O)c(O)c(O)c21. The normalized spacial score (nSPS) is 15.0. The number of fused-ring (bicyclic) bond motifs is 1. The lowest BCUT2D eigenvalue weighted by atomic mass is 10.1. The van der Waals surface area contributed by atoms with Crippen LogP contribution in [-0.4, -0.2) is 26.2 Å². The third kappa shape index (κ3) is 2.02. The Hall–Kier alpha value is -3.15. The minimum atomic E-state index is -0.767. The van der Waals surface area contributed by atoms with Crippen molar-refractivity contribution in [3.63, 3.8) is 0 Å². The van der Waals surface area contributed by atoms with Gasteiger partial charge in [-0.3, -0.25) is 4.79 Å². The molecule has 21 heavy (non-hydrogen) atoms. The number of allylic oxidation sites excluding steroid dienone is 1. The van der Waals surface area contributed by atoms with E-state index in [4.69, 9.17) is 4.74 Å². The van der Waals surface area contributed by atoms with E-state index in [0.717, 1.165) is 6.07 Å². The van der Waals surface area contributed by atoms with Crippen molar-refractivity contribution in [2.45, 2.75) is 0 Å². The van der Waals surface area contributed by atoms with Gasteiger partial charge in [0, 0.05) is 6.07 Å². The summed E-state index contributed by atoms with van der Waals surface area (Å²) < 4.78 is 5.29. The van der Waals surface area contributed by atoms with Crippen LogP contribution in [0.15, 0.2) is 36.1 Å². The van der Waals surface area contributed by atoms with Gasteiger partial charge in [0.2, 0.25) is 11.5 Å². The second-order valence-electron chi connectivity index (χ2n) is 4.50. The summed E-state index contributed by atoms with van der Waals surface area (Å²) in [5.74, 6) is -2.67. The molecule has 0 aromatic heterocycles. The van der Waals surface area contributed by atoms with E-state index in [1.165, 1.54) is 18.2 Å². The van der Waals surface area contributed by atoms with Crippen molar-refractivity contribution in [2.75, 3.05) is 0 Å². The van der Waals surface area contributed by atoms with Crippen molar-refractivity contribution in [1.29, 1.82) is 0 Å². The standard InChI is InChI=1S/C15H10O6/c16-8-3-1-7(2-4-8)5-11-14(19)12-10(21-11)6-9(17)13(18)15(12)20/h1-6,16-18,20H/b11-5-. The zero-order chi connectivity index (χ0) is 15.1. The van der Waals surface area contributed by atoms with Gasteiger partial charge in [0.15, 0.2) is 17.3 Å². The van der Waals surface area contributed by atoms with Crippen molar-refractivity contribution in [3.8, 4) is 28.7 Å². The highest BCUT2D eigenvalue weighted by atomic mass is 16.5. The maximum absolute atomic E-state index is 12.2. The van der Waals surface area contributed by atoms with Gasteiger partial charge in [0.25, 0.3) is 0 Å². The molecule has 4 N–H and O–H groups in total. The topological polar surface area (TPSA) is 107 Å². The Bertz CT molecular complexity index is 774.